The Morgan fingerprint density at radius 2 is 2.25 bits per heavy atom. The molecule has 0 amide bonds. The van der Waals surface area contributed by atoms with Crippen molar-refractivity contribution in [3.8, 4) is 0 Å². The summed E-state index contributed by atoms with van der Waals surface area (Å²) < 4.78 is 13.0. The van der Waals surface area contributed by atoms with E-state index in [9.17, 15) is 9.18 Å². The van der Waals surface area contributed by atoms with Gasteiger partial charge in [-0.1, -0.05) is 12.5 Å². The van der Waals surface area contributed by atoms with Gasteiger partial charge in [-0.05, 0) is 31.0 Å². The first kappa shape index (κ1) is 11.5. The van der Waals surface area contributed by atoms with E-state index in [4.69, 9.17) is 5.11 Å². The van der Waals surface area contributed by atoms with Crippen molar-refractivity contribution in [3.05, 3.63) is 30.1 Å². The Labute approximate surface area is 97.9 Å². The molecular formula is C12H13FO2S. The molecular weight excluding hydrogens is 227 g/mol. The van der Waals surface area contributed by atoms with Gasteiger partial charge in [0.2, 0.25) is 0 Å². The van der Waals surface area contributed by atoms with Gasteiger partial charge in [0, 0.05) is 10.1 Å². The summed E-state index contributed by atoms with van der Waals surface area (Å²) in [5.41, 5.74) is 0. The van der Waals surface area contributed by atoms with Crippen LogP contribution in [0.15, 0.2) is 29.2 Å². The Morgan fingerprint density at radius 1 is 1.44 bits per heavy atom. The highest BCUT2D eigenvalue weighted by Gasteiger charge is 2.33. The molecule has 1 aromatic rings. The highest BCUT2D eigenvalue weighted by molar-refractivity contribution is 8.00. The van der Waals surface area contributed by atoms with Crippen LogP contribution in [0, 0.1) is 11.7 Å². The van der Waals surface area contributed by atoms with Gasteiger partial charge in [0.15, 0.2) is 0 Å². The van der Waals surface area contributed by atoms with Crippen molar-refractivity contribution >= 4 is 17.7 Å². The summed E-state index contributed by atoms with van der Waals surface area (Å²) in [6, 6.07) is 6.34. The Bertz CT molecular complexity index is 394. The van der Waals surface area contributed by atoms with Crippen molar-refractivity contribution in [2.24, 2.45) is 5.92 Å². The monoisotopic (exact) mass is 240 g/mol. The Hall–Kier alpha value is -1.03. The van der Waals surface area contributed by atoms with Gasteiger partial charge >= 0.3 is 5.97 Å². The largest absolute Gasteiger partial charge is 0.481 e. The van der Waals surface area contributed by atoms with Crippen molar-refractivity contribution < 1.29 is 14.3 Å². The topological polar surface area (TPSA) is 37.3 Å². The van der Waals surface area contributed by atoms with Gasteiger partial charge in [0.25, 0.3) is 0 Å². The first-order chi connectivity index (χ1) is 7.66. The van der Waals surface area contributed by atoms with Crippen LogP contribution < -0.4 is 0 Å². The van der Waals surface area contributed by atoms with Crippen LogP contribution in [-0.4, -0.2) is 16.3 Å². The number of hydrogen-bond acceptors (Lipinski definition) is 2. The fourth-order valence-electron chi connectivity index (χ4n) is 2.06. The minimum Gasteiger partial charge on any atom is -0.481 e. The summed E-state index contributed by atoms with van der Waals surface area (Å²) in [6.45, 7) is 0. The van der Waals surface area contributed by atoms with Crippen molar-refractivity contribution in [1.82, 2.24) is 0 Å². The molecule has 1 fully saturated rings. The van der Waals surface area contributed by atoms with Crippen LogP contribution in [-0.2, 0) is 4.79 Å². The first-order valence-corrected chi connectivity index (χ1v) is 6.20. The third-order valence-corrected chi connectivity index (χ3v) is 4.25. The van der Waals surface area contributed by atoms with Gasteiger partial charge < -0.3 is 5.11 Å². The van der Waals surface area contributed by atoms with Crippen molar-refractivity contribution in [1.29, 1.82) is 0 Å². The molecule has 2 unspecified atom stereocenters. The Kier molecular flexibility index (Phi) is 3.49. The molecule has 0 radical (unpaired) electrons. The molecule has 1 saturated carbocycles. The van der Waals surface area contributed by atoms with E-state index in [0.717, 1.165) is 24.2 Å². The van der Waals surface area contributed by atoms with E-state index in [1.165, 1.54) is 23.9 Å². The molecule has 1 aliphatic rings. The van der Waals surface area contributed by atoms with Gasteiger partial charge in [-0.3, -0.25) is 4.79 Å². The molecule has 0 aliphatic heterocycles. The number of hydrogen-bond donors (Lipinski definition) is 1. The van der Waals surface area contributed by atoms with Gasteiger partial charge in [0.1, 0.15) is 5.82 Å². The molecule has 0 bridgehead atoms. The zero-order chi connectivity index (χ0) is 11.5. The number of aliphatic carboxylic acids is 1. The Balaban J connectivity index is 2.06. The maximum absolute atomic E-state index is 13.0. The Morgan fingerprint density at radius 3 is 2.94 bits per heavy atom. The first-order valence-electron chi connectivity index (χ1n) is 5.32. The minimum atomic E-state index is -0.730. The lowest BCUT2D eigenvalue weighted by Gasteiger charge is -2.14. The van der Waals surface area contributed by atoms with Crippen LogP contribution in [0.25, 0.3) is 0 Å². The molecule has 0 saturated heterocycles. The molecule has 16 heavy (non-hydrogen) atoms. The number of carboxylic acids is 1. The smallest absolute Gasteiger partial charge is 0.307 e. The SMILES string of the molecule is O=C(O)C1CCCC1Sc1cccc(F)c1. The molecule has 1 aromatic carbocycles. The average Bonchev–Trinajstić information content (AvgIpc) is 2.66. The van der Waals surface area contributed by atoms with Gasteiger partial charge in [-0.25, -0.2) is 4.39 Å². The quantitative estimate of drug-likeness (QED) is 0.881. The van der Waals surface area contributed by atoms with Gasteiger partial charge in [-0.15, -0.1) is 11.8 Å². The third kappa shape index (κ3) is 2.55. The second-order valence-corrected chi connectivity index (χ2v) is 5.30. The second-order valence-electron chi connectivity index (χ2n) is 3.99. The molecule has 0 heterocycles. The second kappa shape index (κ2) is 4.87. The zero-order valence-electron chi connectivity index (χ0n) is 8.73. The number of thioether (sulfide) groups is 1. The molecule has 86 valence electrons. The van der Waals surface area contributed by atoms with Crippen LogP contribution in [0.3, 0.4) is 0 Å². The summed E-state index contributed by atoms with van der Waals surface area (Å²) >= 11 is 1.48. The maximum Gasteiger partial charge on any atom is 0.307 e. The van der Waals surface area contributed by atoms with Crippen molar-refractivity contribution in [2.75, 3.05) is 0 Å². The molecule has 0 spiro atoms. The highest BCUT2D eigenvalue weighted by Crippen LogP contribution is 2.39. The number of carbonyl (C=O) groups is 1. The molecule has 4 heteroatoms. The molecule has 1 N–H and O–H groups in total. The number of carboxylic acid groups (broad SMARTS) is 1. The van der Waals surface area contributed by atoms with E-state index < -0.39 is 5.97 Å². The van der Waals surface area contributed by atoms with Crippen LogP contribution in [0.2, 0.25) is 0 Å². The average molecular weight is 240 g/mol. The highest BCUT2D eigenvalue weighted by atomic mass is 32.2. The van der Waals surface area contributed by atoms with Crippen LogP contribution >= 0.6 is 11.8 Å². The minimum absolute atomic E-state index is 0.0827. The lowest BCUT2D eigenvalue weighted by atomic mass is 10.1. The predicted octanol–water partition coefficient (Wildman–Crippen LogP) is 3.17. The predicted molar refractivity (Wildman–Crippen MR) is 61.0 cm³/mol. The van der Waals surface area contributed by atoms with E-state index in [-0.39, 0.29) is 17.0 Å². The fourth-order valence-corrected chi connectivity index (χ4v) is 3.45. The van der Waals surface area contributed by atoms with E-state index in [0.29, 0.717) is 0 Å². The van der Waals surface area contributed by atoms with Crippen molar-refractivity contribution in [2.45, 2.75) is 29.4 Å². The summed E-state index contributed by atoms with van der Waals surface area (Å²) in [5, 5.41) is 9.11. The number of halogens is 1. The van der Waals surface area contributed by atoms with E-state index in [1.54, 1.807) is 6.07 Å². The van der Waals surface area contributed by atoms with Gasteiger partial charge in [0.05, 0.1) is 5.92 Å². The normalized spacial score (nSPS) is 24.6. The zero-order valence-corrected chi connectivity index (χ0v) is 9.54. The fraction of sp³-hybridized carbons (Fsp3) is 0.417. The summed E-state index contributed by atoms with van der Waals surface area (Å²) in [7, 11) is 0. The molecule has 2 rings (SSSR count). The lowest BCUT2D eigenvalue weighted by Crippen LogP contribution is -2.19. The summed E-state index contributed by atoms with van der Waals surface area (Å²) in [6.07, 6.45) is 2.59. The molecule has 2 nitrogen and oxygen atoms in total. The van der Waals surface area contributed by atoms with Crippen LogP contribution in [0.4, 0.5) is 4.39 Å². The van der Waals surface area contributed by atoms with Crippen LogP contribution in [0.1, 0.15) is 19.3 Å². The summed E-state index contributed by atoms with van der Waals surface area (Å²) in [4.78, 5) is 11.8. The van der Waals surface area contributed by atoms with E-state index in [2.05, 4.69) is 0 Å². The number of rotatable bonds is 3. The molecule has 2 atom stereocenters. The standard InChI is InChI=1S/C12H13FO2S/c13-8-3-1-4-9(7-8)16-11-6-2-5-10(11)12(14)15/h1,3-4,7,10-11H,2,5-6H2,(H,14,15). The number of benzene rings is 1. The van der Waals surface area contributed by atoms with Crippen LogP contribution in [0.5, 0.6) is 0 Å². The third-order valence-electron chi connectivity index (χ3n) is 2.85. The lowest BCUT2D eigenvalue weighted by molar-refractivity contribution is -0.141. The molecule has 1 aliphatic carbocycles. The summed E-state index contributed by atoms with van der Waals surface area (Å²) in [5.74, 6) is -1.28. The van der Waals surface area contributed by atoms with E-state index in [1.807, 2.05) is 6.07 Å². The van der Waals surface area contributed by atoms with Crippen molar-refractivity contribution in [3.63, 3.8) is 0 Å². The maximum atomic E-state index is 13.0. The molecule has 0 aromatic heterocycles. The van der Waals surface area contributed by atoms with E-state index >= 15 is 0 Å². The van der Waals surface area contributed by atoms with Gasteiger partial charge in [-0.2, -0.15) is 0 Å².